The molecular formula is C16H23ClIN3O. The lowest BCUT2D eigenvalue weighted by Crippen LogP contribution is -2.37. The van der Waals surface area contributed by atoms with Crippen LogP contribution in [0.3, 0.4) is 0 Å². The van der Waals surface area contributed by atoms with Gasteiger partial charge in [0.05, 0.1) is 13.2 Å². The second kappa shape index (κ2) is 10.9. The van der Waals surface area contributed by atoms with Crippen molar-refractivity contribution in [3.63, 3.8) is 0 Å². The fraction of sp³-hybridized carbons (Fsp3) is 0.438. The number of halogens is 2. The first-order valence-corrected chi connectivity index (χ1v) is 7.60. The molecule has 1 aliphatic heterocycles. The van der Waals surface area contributed by atoms with Gasteiger partial charge in [-0.1, -0.05) is 35.4 Å². The van der Waals surface area contributed by atoms with E-state index in [1.807, 2.05) is 24.3 Å². The number of hydrogen-bond acceptors (Lipinski definition) is 2. The van der Waals surface area contributed by atoms with Gasteiger partial charge in [-0.2, -0.15) is 0 Å². The van der Waals surface area contributed by atoms with Gasteiger partial charge in [0.1, 0.15) is 0 Å². The molecule has 0 spiro atoms. The first kappa shape index (κ1) is 19.3. The summed E-state index contributed by atoms with van der Waals surface area (Å²) in [4.78, 5) is 4.23. The second-order valence-corrected chi connectivity index (χ2v) is 5.36. The lowest BCUT2D eigenvalue weighted by atomic mass is 10.1. The van der Waals surface area contributed by atoms with Crippen LogP contribution in [0.1, 0.15) is 18.4 Å². The predicted octanol–water partition coefficient (Wildman–Crippen LogP) is 3.36. The quantitative estimate of drug-likeness (QED) is 0.323. The Morgan fingerprint density at radius 1 is 1.36 bits per heavy atom. The molecular weight excluding hydrogens is 413 g/mol. The van der Waals surface area contributed by atoms with Crippen LogP contribution >= 0.6 is 35.6 Å². The number of nitrogens with zero attached hydrogens (tertiary/aromatic N) is 1. The number of hydrogen-bond donors (Lipinski definition) is 2. The molecule has 0 saturated heterocycles. The molecule has 0 fully saturated rings. The molecule has 22 heavy (non-hydrogen) atoms. The zero-order valence-corrected chi connectivity index (χ0v) is 15.9. The van der Waals surface area contributed by atoms with Gasteiger partial charge in [0.2, 0.25) is 0 Å². The van der Waals surface area contributed by atoms with Crippen LogP contribution in [0.15, 0.2) is 40.9 Å². The molecule has 0 radical (unpaired) electrons. The first-order valence-electron chi connectivity index (χ1n) is 7.22. The van der Waals surface area contributed by atoms with Crippen LogP contribution < -0.4 is 10.6 Å². The third-order valence-corrected chi connectivity index (χ3v) is 3.60. The van der Waals surface area contributed by atoms with Crippen LogP contribution in [0.5, 0.6) is 0 Å². The van der Waals surface area contributed by atoms with E-state index in [0.717, 1.165) is 49.1 Å². The summed E-state index contributed by atoms with van der Waals surface area (Å²) in [7, 11) is 1.78. The standard InChI is InChI=1S/C16H22ClN3O.HI/c1-18-16(19-8-5-13-6-9-21-10-7-13)20-12-14-3-2-4-15(17)11-14;/h2-4,6,11H,5,7-10,12H2,1H3,(H2,18,19,20);1H. The summed E-state index contributed by atoms with van der Waals surface area (Å²) in [5, 5.41) is 7.37. The number of rotatable bonds is 5. The third kappa shape index (κ3) is 6.98. The van der Waals surface area contributed by atoms with Gasteiger partial charge in [-0.3, -0.25) is 4.99 Å². The molecule has 2 N–H and O–H groups in total. The molecule has 122 valence electrons. The Hall–Kier alpha value is -0.790. The highest BCUT2D eigenvalue weighted by atomic mass is 127. The Kier molecular flexibility index (Phi) is 9.50. The van der Waals surface area contributed by atoms with E-state index in [2.05, 4.69) is 21.7 Å². The molecule has 0 amide bonds. The van der Waals surface area contributed by atoms with Gasteiger partial charge >= 0.3 is 0 Å². The summed E-state index contributed by atoms with van der Waals surface area (Å²) in [6.07, 6.45) is 4.24. The summed E-state index contributed by atoms with van der Waals surface area (Å²) in [6, 6.07) is 7.82. The van der Waals surface area contributed by atoms with Crippen molar-refractivity contribution in [2.45, 2.75) is 19.4 Å². The molecule has 0 atom stereocenters. The number of aliphatic imine (C=N–C) groups is 1. The van der Waals surface area contributed by atoms with Crippen molar-refractivity contribution in [3.8, 4) is 0 Å². The maximum atomic E-state index is 5.97. The molecule has 2 rings (SSSR count). The van der Waals surface area contributed by atoms with Crippen LogP contribution in [-0.4, -0.2) is 32.8 Å². The second-order valence-electron chi connectivity index (χ2n) is 4.92. The monoisotopic (exact) mass is 435 g/mol. The largest absolute Gasteiger partial charge is 0.377 e. The van der Waals surface area contributed by atoms with Crippen LogP contribution in [0.2, 0.25) is 5.02 Å². The fourth-order valence-corrected chi connectivity index (χ4v) is 2.40. The van der Waals surface area contributed by atoms with Gasteiger partial charge in [-0.05, 0) is 30.5 Å². The van der Waals surface area contributed by atoms with E-state index < -0.39 is 0 Å². The van der Waals surface area contributed by atoms with Gasteiger partial charge in [0.15, 0.2) is 5.96 Å². The van der Waals surface area contributed by atoms with Gasteiger partial charge < -0.3 is 15.4 Å². The summed E-state index contributed by atoms with van der Waals surface area (Å²) in [6.45, 7) is 3.17. The van der Waals surface area contributed by atoms with E-state index in [1.54, 1.807) is 7.05 Å². The summed E-state index contributed by atoms with van der Waals surface area (Å²) >= 11 is 5.97. The molecule has 0 saturated carbocycles. The van der Waals surface area contributed by atoms with Crippen LogP contribution in [0.25, 0.3) is 0 Å². The van der Waals surface area contributed by atoms with Gasteiger partial charge in [-0.25, -0.2) is 0 Å². The molecule has 0 unspecified atom stereocenters. The summed E-state index contributed by atoms with van der Waals surface area (Å²) < 4.78 is 5.30. The topological polar surface area (TPSA) is 45.7 Å². The molecule has 1 aromatic carbocycles. The zero-order chi connectivity index (χ0) is 14.9. The van der Waals surface area contributed by atoms with Crippen LogP contribution in [-0.2, 0) is 11.3 Å². The van der Waals surface area contributed by atoms with Crippen molar-refractivity contribution < 1.29 is 4.74 Å². The fourth-order valence-electron chi connectivity index (χ4n) is 2.19. The van der Waals surface area contributed by atoms with Crippen molar-refractivity contribution >= 4 is 41.5 Å². The Morgan fingerprint density at radius 3 is 2.91 bits per heavy atom. The SMILES string of the molecule is CN=C(NCCC1=CCOCC1)NCc1cccc(Cl)c1.I. The van der Waals surface area contributed by atoms with Crippen molar-refractivity contribution in [3.05, 3.63) is 46.5 Å². The van der Waals surface area contributed by atoms with E-state index in [1.165, 1.54) is 5.57 Å². The summed E-state index contributed by atoms with van der Waals surface area (Å²) in [5.41, 5.74) is 2.59. The van der Waals surface area contributed by atoms with Crippen molar-refractivity contribution in [1.82, 2.24) is 10.6 Å². The highest BCUT2D eigenvalue weighted by Crippen LogP contribution is 2.11. The minimum absolute atomic E-state index is 0. The molecule has 4 nitrogen and oxygen atoms in total. The van der Waals surface area contributed by atoms with E-state index in [9.17, 15) is 0 Å². The lowest BCUT2D eigenvalue weighted by molar-refractivity contribution is 0.153. The van der Waals surface area contributed by atoms with E-state index >= 15 is 0 Å². The van der Waals surface area contributed by atoms with Gasteiger partial charge in [0.25, 0.3) is 0 Å². The normalized spacial score (nSPS) is 14.8. The minimum atomic E-state index is 0. The Morgan fingerprint density at radius 2 is 2.23 bits per heavy atom. The Balaban J connectivity index is 0.00000242. The van der Waals surface area contributed by atoms with Crippen LogP contribution in [0.4, 0.5) is 0 Å². The number of benzene rings is 1. The molecule has 0 aliphatic carbocycles. The van der Waals surface area contributed by atoms with Crippen molar-refractivity contribution in [2.75, 3.05) is 26.8 Å². The number of ether oxygens (including phenoxy) is 1. The maximum absolute atomic E-state index is 5.97. The lowest BCUT2D eigenvalue weighted by Gasteiger charge is -2.15. The predicted molar refractivity (Wildman–Crippen MR) is 103 cm³/mol. The average molecular weight is 436 g/mol. The zero-order valence-electron chi connectivity index (χ0n) is 12.8. The van der Waals surface area contributed by atoms with Crippen LogP contribution in [0, 0.1) is 0 Å². The highest BCUT2D eigenvalue weighted by Gasteiger charge is 2.04. The summed E-state index contributed by atoms with van der Waals surface area (Å²) in [5.74, 6) is 0.808. The van der Waals surface area contributed by atoms with Crippen molar-refractivity contribution in [2.24, 2.45) is 4.99 Å². The van der Waals surface area contributed by atoms with E-state index in [0.29, 0.717) is 6.54 Å². The molecule has 0 aromatic heterocycles. The number of nitrogens with one attached hydrogen (secondary N) is 2. The van der Waals surface area contributed by atoms with Gasteiger partial charge in [0, 0.05) is 25.2 Å². The highest BCUT2D eigenvalue weighted by molar-refractivity contribution is 14.0. The number of guanidine groups is 1. The Labute approximate surface area is 154 Å². The molecule has 1 heterocycles. The molecule has 1 aliphatic rings. The smallest absolute Gasteiger partial charge is 0.191 e. The minimum Gasteiger partial charge on any atom is -0.377 e. The average Bonchev–Trinajstić information content (AvgIpc) is 2.52. The molecule has 6 heteroatoms. The first-order chi connectivity index (χ1) is 10.3. The molecule has 0 bridgehead atoms. The van der Waals surface area contributed by atoms with Gasteiger partial charge in [-0.15, -0.1) is 24.0 Å². The van der Waals surface area contributed by atoms with Crippen molar-refractivity contribution in [1.29, 1.82) is 0 Å². The third-order valence-electron chi connectivity index (χ3n) is 3.37. The molecule has 1 aromatic rings. The Bertz CT molecular complexity index is 520. The van der Waals surface area contributed by atoms with E-state index in [-0.39, 0.29) is 24.0 Å². The maximum Gasteiger partial charge on any atom is 0.191 e. The van der Waals surface area contributed by atoms with E-state index in [4.69, 9.17) is 16.3 Å².